The second-order valence-electron chi connectivity index (χ2n) is 6.22. The van der Waals surface area contributed by atoms with Crippen LogP contribution in [0.5, 0.6) is 5.75 Å². The first kappa shape index (κ1) is 15.8. The van der Waals surface area contributed by atoms with Crippen LogP contribution in [0.1, 0.15) is 30.1 Å². The van der Waals surface area contributed by atoms with Gasteiger partial charge in [-0.2, -0.15) is 0 Å². The number of piperidine rings is 1. The molecule has 2 aliphatic rings. The minimum atomic E-state index is -0.585. The van der Waals surface area contributed by atoms with Crippen LogP contribution in [0.2, 0.25) is 0 Å². The van der Waals surface area contributed by atoms with Gasteiger partial charge in [-0.05, 0) is 51.4 Å². The Bertz CT molecular complexity index is 609. The zero-order valence-electron chi connectivity index (χ0n) is 13.6. The number of nitrogens with one attached hydrogen (secondary N) is 2. The number of para-hydroxylation sites is 1. The molecule has 23 heavy (non-hydrogen) atoms. The van der Waals surface area contributed by atoms with Gasteiger partial charge in [0.15, 0.2) is 11.9 Å². The lowest BCUT2D eigenvalue weighted by Crippen LogP contribution is -2.41. The first-order valence-corrected chi connectivity index (χ1v) is 8.14. The zero-order valence-corrected chi connectivity index (χ0v) is 13.6. The molecule has 0 aliphatic carbocycles. The van der Waals surface area contributed by atoms with Crippen molar-refractivity contribution in [2.75, 3.05) is 32.0 Å². The number of amides is 2. The van der Waals surface area contributed by atoms with E-state index in [2.05, 4.69) is 10.6 Å². The maximum Gasteiger partial charge on any atom is 0.265 e. The van der Waals surface area contributed by atoms with Crippen molar-refractivity contribution in [2.45, 2.75) is 25.9 Å². The molecule has 1 aromatic rings. The quantitative estimate of drug-likeness (QED) is 0.886. The van der Waals surface area contributed by atoms with Crippen LogP contribution in [0.3, 0.4) is 0 Å². The molecular formula is C17H23N3O3. The Kier molecular flexibility index (Phi) is 4.52. The second-order valence-corrected chi connectivity index (χ2v) is 6.22. The van der Waals surface area contributed by atoms with Gasteiger partial charge in [0.2, 0.25) is 0 Å². The molecule has 2 N–H and O–H groups in total. The standard InChI is InChI=1S/C17H23N3O3/c1-11-16(21)19-14-5-3-4-13(15(14)23-11)17(22)20-8-6-12(7-9-20)10-18-2/h3-5,11-12,18H,6-10H2,1-2H3,(H,19,21). The van der Waals surface area contributed by atoms with E-state index in [0.717, 1.165) is 32.5 Å². The number of likely N-dealkylation sites (tertiary alicyclic amines) is 1. The van der Waals surface area contributed by atoms with E-state index >= 15 is 0 Å². The normalized spacial score (nSPS) is 21.4. The van der Waals surface area contributed by atoms with Crippen molar-refractivity contribution >= 4 is 17.5 Å². The van der Waals surface area contributed by atoms with Crippen LogP contribution in [0.4, 0.5) is 5.69 Å². The molecule has 1 saturated heterocycles. The number of hydrogen-bond acceptors (Lipinski definition) is 4. The highest BCUT2D eigenvalue weighted by atomic mass is 16.5. The van der Waals surface area contributed by atoms with Crippen LogP contribution in [-0.2, 0) is 4.79 Å². The summed E-state index contributed by atoms with van der Waals surface area (Å²) >= 11 is 0. The number of fused-ring (bicyclic) bond motifs is 1. The summed E-state index contributed by atoms with van der Waals surface area (Å²) in [5.41, 5.74) is 1.10. The maximum atomic E-state index is 12.8. The van der Waals surface area contributed by atoms with Gasteiger partial charge in [-0.15, -0.1) is 0 Å². The molecule has 0 aromatic heterocycles. The fourth-order valence-electron chi connectivity index (χ4n) is 3.19. The van der Waals surface area contributed by atoms with Crippen molar-refractivity contribution in [3.63, 3.8) is 0 Å². The predicted octanol–water partition coefficient (Wildman–Crippen LogP) is 1.48. The van der Waals surface area contributed by atoms with Gasteiger partial charge in [0.05, 0.1) is 11.3 Å². The lowest BCUT2D eigenvalue weighted by atomic mass is 9.96. The Labute approximate surface area is 136 Å². The minimum absolute atomic E-state index is 0.0203. The molecule has 6 nitrogen and oxygen atoms in total. The van der Waals surface area contributed by atoms with E-state index in [-0.39, 0.29) is 11.8 Å². The van der Waals surface area contributed by atoms with Crippen LogP contribution >= 0.6 is 0 Å². The van der Waals surface area contributed by atoms with Gasteiger partial charge in [0.25, 0.3) is 11.8 Å². The highest BCUT2D eigenvalue weighted by Crippen LogP contribution is 2.34. The summed E-state index contributed by atoms with van der Waals surface area (Å²) in [5, 5.41) is 5.99. The van der Waals surface area contributed by atoms with Gasteiger partial charge in [0, 0.05) is 13.1 Å². The van der Waals surface area contributed by atoms with E-state index in [1.165, 1.54) is 0 Å². The summed E-state index contributed by atoms with van der Waals surface area (Å²) in [5.74, 6) is 0.911. The first-order chi connectivity index (χ1) is 11.1. The van der Waals surface area contributed by atoms with Crippen LogP contribution in [0.15, 0.2) is 18.2 Å². The van der Waals surface area contributed by atoms with E-state index in [9.17, 15) is 9.59 Å². The third kappa shape index (κ3) is 3.17. The van der Waals surface area contributed by atoms with Crippen molar-refractivity contribution in [3.05, 3.63) is 23.8 Å². The largest absolute Gasteiger partial charge is 0.478 e. The summed E-state index contributed by atoms with van der Waals surface area (Å²) in [7, 11) is 1.96. The van der Waals surface area contributed by atoms with Crippen molar-refractivity contribution in [1.29, 1.82) is 0 Å². The average Bonchev–Trinajstić information content (AvgIpc) is 2.56. The Hall–Kier alpha value is -2.08. The number of carbonyl (C=O) groups is 2. The Balaban J connectivity index is 1.76. The Morgan fingerprint density at radius 1 is 1.39 bits per heavy atom. The molecule has 3 rings (SSSR count). The number of rotatable bonds is 3. The number of anilines is 1. The molecule has 0 spiro atoms. The van der Waals surface area contributed by atoms with Crippen molar-refractivity contribution < 1.29 is 14.3 Å². The van der Waals surface area contributed by atoms with Gasteiger partial charge in [-0.1, -0.05) is 6.07 Å². The lowest BCUT2D eigenvalue weighted by Gasteiger charge is -2.33. The summed E-state index contributed by atoms with van der Waals surface area (Å²) in [6, 6.07) is 5.31. The first-order valence-electron chi connectivity index (χ1n) is 8.14. The van der Waals surface area contributed by atoms with Gasteiger partial charge in [-0.25, -0.2) is 0 Å². The lowest BCUT2D eigenvalue weighted by molar-refractivity contribution is -0.122. The van der Waals surface area contributed by atoms with E-state index < -0.39 is 6.10 Å². The molecule has 2 aliphatic heterocycles. The van der Waals surface area contributed by atoms with Crippen LogP contribution in [-0.4, -0.2) is 49.5 Å². The van der Waals surface area contributed by atoms with E-state index in [4.69, 9.17) is 4.74 Å². The zero-order chi connectivity index (χ0) is 16.4. The molecule has 0 radical (unpaired) electrons. The number of hydrogen-bond donors (Lipinski definition) is 2. The predicted molar refractivity (Wildman–Crippen MR) is 87.7 cm³/mol. The molecule has 0 saturated carbocycles. The number of benzene rings is 1. The van der Waals surface area contributed by atoms with E-state index in [0.29, 0.717) is 22.9 Å². The molecule has 2 amide bonds. The van der Waals surface area contributed by atoms with Gasteiger partial charge >= 0.3 is 0 Å². The summed E-state index contributed by atoms with van der Waals surface area (Å²) in [4.78, 5) is 26.4. The average molecular weight is 317 g/mol. The van der Waals surface area contributed by atoms with Crippen molar-refractivity contribution in [3.8, 4) is 5.75 Å². The van der Waals surface area contributed by atoms with Crippen LogP contribution in [0, 0.1) is 5.92 Å². The third-order valence-corrected chi connectivity index (χ3v) is 4.56. The highest BCUT2D eigenvalue weighted by Gasteiger charge is 2.30. The fraction of sp³-hybridized carbons (Fsp3) is 0.529. The summed E-state index contributed by atoms with van der Waals surface area (Å²) in [6.45, 7) is 4.20. The van der Waals surface area contributed by atoms with Crippen LogP contribution in [0.25, 0.3) is 0 Å². The van der Waals surface area contributed by atoms with Crippen LogP contribution < -0.4 is 15.4 Å². The number of carbonyl (C=O) groups excluding carboxylic acids is 2. The number of nitrogens with zero attached hydrogens (tertiary/aromatic N) is 1. The third-order valence-electron chi connectivity index (χ3n) is 4.56. The molecule has 1 fully saturated rings. The monoisotopic (exact) mass is 317 g/mol. The van der Waals surface area contributed by atoms with Gasteiger partial charge < -0.3 is 20.3 Å². The van der Waals surface area contributed by atoms with Crippen molar-refractivity contribution in [1.82, 2.24) is 10.2 Å². The summed E-state index contributed by atoms with van der Waals surface area (Å²) < 4.78 is 5.68. The fourth-order valence-corrected chi connectivity index (χ4v) is 3.19. The molecule has 1 aromatic carbocycles. The smallest absolute Gasteiger partial charge is 0.265 e. The summed E-state index contributed by atoms with van der Waals surface area (Å²) in [6.07, 6.45) is 1.43. The molecular weight excluding hydrogens is 294 g/mol. The molecule has 6 heteroatoms. The topological polar surface area (TPSA) is 70.7 Å². The Morgan fingerprint density at radius 2 is 2.13 bits per heavy atom. The minimum Gasteiger partial charge on any atom is -0.478 e. The number of ether oxygens (including phenoxy) is 1. The SMILES string of the molecule is CNCC1CCN(C(=O)c2cccc3c2OC(C)C(=O)N3)CC1. The van der Waals surface area contributed by atoms with E-state index in [1.54, 1.807) is 25.1 Å². The highest BCUT2D eigenvalue weighted by molar-refractivity contribution is 6.04. The van der Waals surface area contributed by atoms with Gasteiger partial charge in [-0.3, -0.25) is 9.59 Å². The molecule has 124 valence electrons. The maximum absolute atomic E-state index is 12.8. The van der Waals surface area contributed by atoms with Crippen molar-refractivity contribution in [2.24, 2.45) is 5.92 Å². The molecule has 2 heterocycles. The van der Waals surface area contributed by atoms with Gasteiger partial charge in [0.1, 0.15) is 0 Å². The molecule has 1 atom stereocenters. The van der Waals surface area contributed by atoms with E-state index in [1.807, 2.05) is 11.9 Å². The molecule has 0 bridgehead atoms. The molecule has 1 unspecified atom stereocenters. The second kappa shape index (κ2) is 6.58. The Morgan fingerprint density at radius 3 is 2.83 bits per heavy atom.